The van der Waals surface area contributed by atoms with Crippen LogP contribution < -0.4 is 4.74 Å². The Morgan fingerprint density at radius 1 is 1.24 bits per heavy atom. The van der Waals surface area contributed by atoms with Gasteiger partial charge in [0.05, 0.1) is 24.2 Å². The highest BCUT2D eigenvalue weighted by Crippen LogP contribution is 2.81. The first-order valence-corrected chi connectivity index (χ1v) is 14.1. The summed E-state index contributed by atoms with van der Waals surface area (Å²) in [6, 6.07) is 14.7. The highest BCUT2D eigenvalue weighted by Gasteiger charge is 2.81. The zero-order valence-electron chi connectivity index (χ0n) is 21.6. The number of nitrogens with zero attached hydrogens (tertiary/aromatic N) is 3. The Labute approximate surface area is 221 Å². The Bertz CT molecular complexity index is 1500. The fourth-order valence-electron chi connectivity index (χ4n) is 8.99. The lowest BCUT2D eigenvalue weighted by Crippen LogP contribution is -2.83. The lowest BCUT2D eigenvalue weighted by molar-refractivity contribution is -0.246. The molecule has 5 nitrogen and oxygen atoms in total. The number of fused-ring (bicyclic) bond motifs is 7. The summed E-state index contributed by atoms with van der Waals surface area (Å²) in [6.45, 7) is 4.30. The van der Waals surface area contributed by atoms with Crippen molar-refractivity contribution in [1.82, 2.24) is 14.8 Å². The third-order valence-electron chi connectivity index (χ3n) is 10.3. The maximum absolute atomic E-state index is 16.3. The third kappa shape index (κ3) is 2.80. The highest BCUT2D eigenvalue weighted by molar-refractivity contribution is 5.85. The molecule has 6 aliphatic rings. The summed E-state index contributed by atoms with van der Waals surface area (Å²) in [5.74, 6) is 0.331. The van der Waals surface area contributed by atoms with E-state index in [0.29, 0.717) is 17.7 Å². The average Bonchev–Trinajstić information content (AvgIpc) is 3.46. The van der Waals surface area contributed by atoms with Gasteiger partial charge >= 0.3 is 0 Å². The number of alkyl halides is 1. The van der Waals surface area contributed by atoms with Gasteiger partial charge in [0.2, 0.25) is 0 Å². The van der Waals surface area contributed by atoms with E-state index < -0.39 is 5.41 Å². The van der Waals surface area contributed by atoms with E-state index in [1.165, 1.54) is 10.9 Å². The number of aromatic amines is 1. The Kier molecular flexibility index (Phi) is 4.72. The van der Waals surface area contributed by atoms with Crippen molar-refractivity contribution in [2.75, 3.05) is 26.3 Å². The fourth-order valence-corrected chi connectivity index (χ4v) is 8.99. The highest BCUT2D eigenvalue weighted by atomic mass is 19.1. The smallest absolute Gasteiger partial charge is 0.132 e. The van der Waals surface area contributed by atoms with Crippen LogP contribution in [0.1, 0.15) is 67.0 Å². The van der Waals surface area contributed by atoms with Gasteiger partial charge in [0.25, 0.3) is 0 Å². The number of nitriles is 1. The Hall–Kier alpha value is -2.95. The van der Waals surface area contributed by atoms with Crippen LogP contribution >= 0.6 is 0 Å². The first-order valence-electron chi connectivity index (χ1n) is 14.1. The number of benzene rings is 2. The van der Waals surface area contributed by atoms with Crippen molar-refractivity contribution < 1.29 is 13.5 Å². The number of likely N-dealkylation sites (tertiary alicyclic amines) is 1. The fraction of sp³-hybridized carbons (Fsp3) is 0.516. The summed E-state index contributed by atoms with van der Waals surface area (Å²) in [5.41, 5.74) is 4.68. The van der Waals surface area contributed by atoms with Crippen LogP contribution in [0.5, 0.6) is 5.75 Å². The Morgan fingerprint density at radius 3 is 2.89 bits per heavy atom. The van der Waals surface area contributed by atoms with Gasteiger partial charge in [0.1, 0.15) is 17.7 Å². The Morgan fingerprint density at radius 2 is 2.08 bits per heavy atom. The van der Waals surface area contributed by atoms with Crippen LogP contribution in [0.15, 0.2) is 36.4 Å². The number of hydrogen-bond acceptors (Lipinski definition) is 4. The predicted octanol–water partition coefficient (Wildman–Crippen LogP) is 5.61. The molecule has 4 heterocycles. The summed E-state index contributed by atoms with van der Waals surface area (Å²) < 4.78 is 35.3. The Balaban J connectivity index is 1.23. The van der Waals surface area contributed by atoms with Crippen molar-refractivity contribution in [2.24, 2.45) is 5.41 Å². The van der Waals surface area contributed by atoms with Gasteiger partial charge in [-0.25, -0.2) is 4.39 Å². The van der Waals surface area contributed by atoms with Crippen LogP contribution in [0.25, 0.3) is 10.9 Å². The molecule has 1 N–H and O–H groups in total. The second-order valence-electron chi connectivity index (χ2n) is 12.4. The minimum absolute atomic E-state index is 0.0160. The number of rotatable bonds is 5. The topological polar surface area (TPSA) is 55.3 Å². The molecule has 3 aliphatic carbocycles. The van der Waals surface area contributed by atoms with Crippen molar-refractivity contribution in [3.63, 3.8) is 0 Å². The molecule has 2 aromatic carbocycles. The van der Waals surface area contributed by atoms with Crippen LogP contribution in [0.4, 0.5) is 8.78 Å². The summed E-state index contributed by atoms with van der Waals surface area (Å²) in [7, 11) is 0. The minimum Gasteiger partial charge on any atom is -0.489 e. The first kappa shape index (κ1) is 23.0. The molecule has 2 unspecified atom stereocenters. The molecule has 7 heteroatoms. The summed E-state index contributed by atoms with van der Waals surface area (Å²) >= 11 is 0. The van der Waals surface area contributed by atoms with Crippen LogP contribution in [0, 0.1) is 22.6 Å². The molecule has 1 spiro atoms. The monoisotopic (exact) mass is 514 g/mol. The summed E-state index contributed by atoms with van der Waals surface area (Å²) in [6.07, 6.45) is 3.99. The standard InChI is InChI=1S/C31H32F2N4O/c1-18-11-22-21-5-2-3-6-25(21)35-27(22)28-26-23(29-30(17-34)15-31(29,16-30)37(18)28)12-20(13-24(26)33)38-19-7-10-36(14-19)9-4-8-32/h2-3,5-6,12-13,18-19,28-29,35H,4,7-11,14-16H2,1H3/t18-,19?,28-,29?,30?,31?/m1/s1. The first-order chi connectivity index (χ1) is 18.5. The van der Waals surface area contributed by atoms with Crippen molar-refractivity contribution in [3.05, 3.63) is 64.6 Å². The molecule has 38 heavy (non-hydrogen) atoms. The van der Waals surface area contributed by atoms with Crippen LogP contribution in [0.2, 0.25) is 0 Å². The molecule has 0 radical (unpaired) electrons. The maximum atomic E-state index is 16.3. The van der Waals surface area contributed by atoms with E-state index in [9.17, 15) is 9.65 Å². The number of ether oxygens (including phenoxy) is 1. The molecular formula is C31H32F2N4O. The zero-order valence-corrected chi connectivity index (χ0v) is 21.6. The van der Waals surface area contributed by atoms with E-state index in [2.05, 4.69) is 46.0 Å². The van der Waals surface area contributed by atoms with Gasteiger partial charge < -0.3 is 9.72 Å². The number of para-hydroxylation sites is 1. The van der Waals surface area contributed by atoms with E-state index in [-0.39, 0.29) is 42.1 Å². The summed E-state index contributed by atoms with van der Waals surface area (Å²) in [4.78, 5) is 8.46. The molecule has 2 bridgehead atoms. The molecule has 1 aromatic heterocycles. The van der Waals surface area contributed by atoms with E-state index >= 15 is 4.39 Å². The number of hydrogen-bond donors (Lipinski definition) is 1. The number of halogens is 2. The van der Waals surface area contributed by atoms with Gasteiger partial charge in [-0.15, -0.1) is 0 Å². The maximum Gasteiger partial charge on any atom is 0.132 e. The molecule has 196 valence electrons. The molecule has 9 rings (SSSR count). The van der Waals surface area contributed by atoms with Gasteiger partial charge in [-0.3, -0.25) is 14.2 Å². The van der Waals surface area contributed by atoms with Crippen molar-refractivity contribution in [3.8, 4) is 11.8 Å². The van der Waals surface area contributed by atoms with Gasteiger partial charge in [0.15, 0.2) is 0 Å². The van der Waals surface area contributed by atoms with Crippen molar-refractivity contribution in [2.45, 2.75) is 68.7 Å². The molecule has 3 aliphatic heterocycles. The van der Waals surface area contributed by atoms with Gasteiger partial charge in [0, 0.05) is 65.4 Å². The molecule has 4 fully saturated rings. The zero-order chi connectivity index (χ0) is 25.8. The van der Waals surface area contributed by atoms with Gasteiger partial charge in [-0.2, -0.15) is 5.26 Å². The minimum atomic E-state index is -0.401. The van der Waals surface area contributed by atoms with Crippen molar-refractivity contribution >= 4 is 10.9 Å². The molecular weight excluding hydrogens is 482 g/mol. The van der Waals surface area contributed by atoms with Gasteiger partial charge in [-0.05, 0) is 62.3 Å². The van der Waals surface area contributed by atoms with Crippen LogP contribution in [-0.2, 0) is 6.42 Å². The molecule has 0 amide bonds. The molecule has 3 aromatic rings. The number of aromatic nitrogens is 1. The second kappa shape index (κ2) is 7.80. The molecule has 4 atom stereocenters. The number of H-pyrrole nitrogens is 1. The lowest BCUT2D eigenvalue weighted by atomic mass is 9.30. The summed E-state index contributed by atoms with van der Waals surface area (Å²) in [5, 5.41) is 11.4. The third-order valence-corrected chi connectivity index (χ3v) is 10.3. The van der Waals surface area contributed by atoms with Crippen LogP contribution in [0.3, 0.4) is 0 Å². The largest absolute Gasteiger partial charge is 0.489 e. The van der Waals surface area contributed by atoms with Crippen molar-refractivity contribution in [1.29, 1.82) is 5.26 Å². The molecule has 3 saturated carbocycles. The predicted molar refractivity (Wildman–Crippen MR) is 140 cm³/mol. The van der Waals surface area contributed by atoms with E-state index in [1.807, 2.05) is 12.1 Å². The SMILES string of the molecule is C[C@@H]1Cc2c([nH]c3ccccc23)[C@H]2c3c(F)cc(OC4CCN(CCCF)C4)cc3C3C4(C#N)CC3(C4)N21. The van der Waals surface area contributed by atoms with Gasteiger partial charge in [-0.1, -0.05) is 18.2 Å². The van der Waals surface area contributed by atoms with E-state index in [1.54, 1.807) is 6.07 Å². The van der Waals surface area contributed by atoms with E-state index in [4.69, 9.17) is 4.74 Å². The molecule has 1 saturated heterocycles. The second-order valence-corrected chi connectivity index (χ2v) is 12.4. The lowest BCUT2D eigenvalue weighted by Gasteiger charge is -2.80. The average molecular weight is 515 g/mol. The van der Waals surface area contributed by atoms with E-state index in [0.717, 1.165) is 62.1 Å². The quantitative estimate of drug-likeness (QED) is 0.481. The van der Waals surface area contributed by atoms with Crippen LogP contribution in [-0.4, -0.2) is 58.8 Å². The normalized spacial score (nSPS) is 34.9. The number of nitrogens with one attached hydrogen (secondary N) is 1.